The first-order valence-electron chi connectivity index (χ1n) is 5.81. The van der Waals surface area contributed by atoms with E-state index in [9.17, 15) is 0 Å². The van der Waals surface area contributed by atoms with Gasteiger partial charge in [0.1, 0.15) is 0 Å². The Morgan fingerprint density at radius 2 is 2.00 bits per heavy atom. The first-order valence-corrected chi connectivity index (χ1v) is 5.81. The van der Waals surface area contributed by atoms with Crippen molar-refractivity contribution in [2.45, 2.75) is 26.1 Å². The third kappa shape index (κ3) is 2.51. The van der Waals surface area contributed by atoms with E-state index >= 15 is 0 Å². The predicted octanol–water partition coefficient (Wildman–Crippen LogP) is 0.185. The van der Waals surface area contributed by atoms with E-state index in [2.05, 4.69) is 15.1 Å². The molecule has 1 saturated heterocycles. The summed E-state index contributed by atoms with van der Waals surface area (Å²) in [4.78, 5) is 10.4. The molecular formula is C11H17N5O2. The minimum absolute atomic E-state index is 0.0371. The average molecular weight is 251 g/mol. The molecule has 0 bridgehead atoms. The molecule has 2 atom stereocenters. The Bertz CT molecular complexity index is 441. The topological polar surface area (TPSA) is 96.9 Å². The smallest absolute Gasteiger partial charge is 0.192 e. The monoisotopic (exact) mass is 251 g/mol. The average Bonchev–Trinajstić information content (AvgIpc) is 2.36. The lowest BCUT2D eigenvalue weighted by molar-refractivity contribution is -0.00548. The fourth-order valence-electron chi connectivity index (χ4n) is 2.14. The molecule has 0 spiro atoms. The van der Waals surface area contributed by atoms with Crippen molar-refractivity contribution in [2.75, 3.05) is 18.0 Å². The van der Waals surface area contributed by atoms with E-state index in [-0.39, 0.29) is 18.0 Å². The van der Waals surface area contributed by atoms with Gasteiger partial charge in [-0.1, -0.05) is 5.16 Å². The standard InChI is InChI=1S/C11H17N5O2/c1-7-5-16(6-8(2)18-7)11-9(10(12)15-17)13-3-4-14-11/h3-4,7-8,17H,5-6H2,1-2H3,(H2,12,15)/t7-,8+. The van der Waals surface area contributed by atoms with Crippen LogP contribution >= 0.6 is 0 Å². The predicted molar refractivity (Wildman–Crippen MR) is 66.8 cm³/mol. The van der Waals surface area contributed by atoms with Crippen LogP contribution in [0.15, 0.2) is 17.5 Å². The van der Waals surface area contributed by atoms with Crippen LogP contribution in [0.25, 0.3) is 0 Å². The molecule has 2 heterocycles. The number of nitrogens with two attached hydrogens (primary N) is 1. The lowest BCUT2D eigenvalue weighted by atomic mass is 10.2. The van der Waals surface area contributed by atoms with Crippen LogP contribution in [-0.4, -0.2) is 46.3 Å². The quantitative estimate of drug-likeness (QED) is 0.337. The molecule has 1 aromatic heterocycles. The summed E-state index contributed by atoms with van der Waals surface area (Å²) in [6.07, 6.45) is 3.32. The van der Waals surface area contributed by atoms with E-state index in [1.807, 2.05) is 18.7 Å². The Labute approximate surface area is 105 Å². The van der Waals surface area contributed by atoms with Crippen molar-refractivity contribution in [3.63, 3.8) is 0 Å². The fraction of sp³-hybridized carbons (Fsp3) is 0.545. The van der Waals surface area contributed by atoms with Gasteiger partial charge in [-0.25, -0.2) is 9.97 Å². The Morgan fingerprint density at radius 1 is 1.39 bits per heavy atom. The summed E-state index contributed by atoms with van der Waals surface area (Å²) < 4.78 is 5.66. The van der Waals surface area contributed by atoms with E-state index in [1.54, 1.807) is 6.20 Å². The molecule has 0 aliphatic carbocycles. The van der Waals surface area contributed by atoms with E-state index in [0.717, 1.165) is 0 Å². The molecule has 2 rings (SSSR count). The van der Waals surface area contributed by atoms with E-state index in [4.69, 9.17) is 15.7 Å². The lowest BCUT2D eigenvalue weighted by Crippen LogP contribution is -2.46. The SMILES string of the molecule is C[C@@H]1CN(c2nccnc2C(N)=NO)C[C@H](C)O1. The van der Waals surface area contributed by atoms with Crippen LogP contribution in [-0.2, 0) is 4.74 Å². The van der Waals surface area contributed by atoms with Gasteiger partial charge in [0.05, 0.1) is 12.2 Å². The molecule has 0 amide bonds. The van der Waals surface area contributed by atoms with Crippen molar-refractivity contribution in [3.05, 3.63) is 18.1 Å². The second-order valence-corrected chi connectivity index (χ2v) is 4.38. The number of rotatable bonds is 2. The molecule has 3 N–H and O–H groups in total. The van der Waals surface area contributed by atoms with Gasteiger partial charge in [0.25, 0.3) is 0 Å². The van der Waals surface area contributed by atoms with Crippen LogP contribution in [0.5, 0.6) is 0 Å². The van der Waals surface area contributed by atoms with Crippen LogP contribution in [0.4, 0.5) is 5.82 Å². The molecule has 7 heteroatoms. The van der Waals surface area contributed by atoms with Crippen LogP contribution in [0.2, 0.25) is 0 Å². The van der Waals surface area contributed by atoms with Gasteiger partial charge in [-0.05, 0) is 13.8 Å². The largest absolute Gasteiger partial charge is 0.409 e. The number of morpholine rings is 1. The van der Waals surface area contributed by atoms with Crippen molar-refractivity contribution in [2.24, 2.45) is 10.9 Å². The van der Waals surface area contributed by atoms with Gasteiger partial charge in [0.2, 0.25) is 0 Å². The van der Waals surface area contributed by atoms with Crippen molar-refractivity contribution < 1.29 is 9.94 Å². The number of ether oxygens (including phenoxy) is 1. The zero-order chi connectivity index (χ0) is 13.1. The summed E-state index contributed by atoms with van der Waals surface area (Å²) in [6.45, 7) is 5.41. The summed E-state index contributed by atoms with van der Waals surface area (Å²) in [7, 11) is 0. The number of amidine groups is 1. The first-order chi connectivity index (χ1) is 8.61. The summed E-state index contributed by atoms with van der Waals surface area (Å²) in [5.41, 5.74) is 6.00. The van der Waals surface area contributed by atoms with Crippen molar-refractivity contribution in [3.8, 4) is 0 Å². The zero-order valence-corrected chi connectivity index (χ0v) is 10.4. The molecule has 1 aromatic rings. The number of anilines is 1. The maximum Gasteiger partial charge on any atom is 0.192 e. The van der Waals surface area contributed by atoms with Gasteiger partial charge in [-0.15, -0.1) is 0 Å². The maximum atomic E-state index is 8.77. The van der Waals surface area contributed by atoms with Gasteiger partial charge >= 0.3 is 0 Å². The highest BCUT2D eigenvalue weighted by atomic mass is 16.5. The summed E-state index contributed by atoms with van der Waals surface area (Å²) >= 11 is 0. The Balaban J connectivity index is 2.32. The third-order valence-corrected chi connectivity index (χ3v) is 2.75. The van der Waals surface area contributed by atoms with E-state index in [0.29, 0.717) is 24.6 Å². The highest BCUT2D eigenvalue weighted by Gasteiger charge is 2.26. The second-order valence-electron chi connectivity index (χ2n) is 4.38. The molecular weight excluding hydrogens is 234 g/mol. The molecule has 98 valence electrons. The molecule has 1 aliphatic heterocycles. The van der Waals surface area contributed by atoms with Gasteiger partial charge in [0, 0.05) is 25.5 Å². The molecule has 0 radical (unpaired) electrons. The molecule has 1 aliphatic rings. The van der Waals surface area contributed by atoms with Crippen LogP contribution in [0, 0.1) is 0 Å². The van der Waals surface area contributed by atoms with Crippen LogP contribution in [0.3, 0.4) is 0 Å². The van der Waals surface area contributed by atoms with Crippen molar-refractivity contribution >= 4 is 11.7 Å². The highest BCUT2D eigenvalue weighted by molar-refractivity contribution is 5.99. The number of hydrogen-bond acceptors (Lipinski definition) is 6. The molecule has 7 nitrogen and oxygen atoms in total. The van der Waals surface area contributed by atoms with Crippen molar-refractivity contribution in [1.82, 2.24) is 9.97 Å². The zero-order valence-electron chi connectivity index (χ0n) is 10.4. The molecule has 0 saturated carbocycles. The molecule has 0 aromatic carbocycles. The fourth-order valence-corrected chi connectivity index (χ4v) is 2.14. The van der Waals surface area contributed by atoms with Crippen LogP contribution in [0.1, 0.15) is 19.5 Å². The minimum atomic E-state index is -0.0371. The number of aromatic nitrogens is 2. The van der Waals surface area contributed by atoms with Crippen molar-refractivity contribution in [1.29, 1.82) is 0 Å². The van der Waals surface area contributed by atoms with Gasteiger partial charge in [0.15, 0.2) is 17.3 Å². The second kappa shape index (κ2) is 5.18. The summed E-state index contributed by atoms with van der Waals surface area (Å²) in [5, 5.41) is 11.8. The van der Waals surface area contributed by atoms with E-state index < -0.39 is 0 Å². The van der Waals surface area contributed by atoms with Gasteiger partial charge in [-0.3, -0.25) is 0 Å². The van der Waals surface area contributed by atoms with E-state index in [1.165, 1.54) is 6.20 Å². The first kappa shape index (κ1) is 12.6. The third-order valence-electron chi connectivity index (χ3n) is 2.75. The minimum Gasteiger partial charge on any atom is -0.409 e. The summed E-state index contributed by atoms with van der Waals surface area (Å²) in [6, 6.07) is 0. The Kier molecular flexibility index (Phi) is 3.61. The normalized spacial score (nSPS) is 25.2. The number of hydrogen-bond donors (Lipinski definition) is 2. The molecule has 18 heavy (non-hydrogen) atoms. The highest BCUT2D eigenvalue weighted by Crippen LogP contribution is 2.20. The molecule has 1 fully saturated rings. The molecule has 0 unspecified atom stereocenters. The summed E-state index contributed by atoms with van der Waals surface area (Å²) in [5.74, 6) is 0.583. The lowest BCUT2D eigenvalue weighted by Gasteiger charge is -2.36. The van der Waals surface area contributed by atoms with Crippen LogP contribution < -0.4 is 10.6 Å². The van der Waals surface area contributed by atoms with Gasteiger partial charge < -0.3 is 20.6 Å². The maximum absolute atomic E-state index is 8.77. The number of oxime groups is 1. The Morgan fingerprint density at radius 3 is 2.61 bits per heavy atom. The number of nitrogens with zero attached hydrogens (tertiary/aromatic N) is 4. The Hall–Kier alpha value is -1.89. The van der Waals surface area contributed by atoms with Gasteiger partial charge in [-0.2, -0.15) is 0 Å².